The Bertz CT molecular complexity index is 90.3. The molecule has 0 heterocycles. The van der Waals surface area contributed by atoms with E-state index in [1.165, 1.54) is 0 Å². The third-order valence-corrected chi connectivity index (χ3v) is 1.51. The minimum atomic E-state index is -4.73. The molecule has 0 fully saturated rings. The van der Waals surface area contributed by atoms with Crippen LogP contribution in [-0.4, -0.2) is 22.5 Å². The van der Waals surface area contributed by atoms with E-state index < -0.39 is 17.4 Å². The summed E-state index contributed by atoms with van der Waals surface area (Å²) in [5.41, 5.74) is 0. The van der Waals surface area contributed by atoms with Crippen LogP contribution >= 0.6 is 15.9 Å². The molecule has 9 heavy (non-hydrogen) atoms. The Balaban J connectivity index is 3.88. The molecule has 0 aliphatic rings. The quantitative estimate of drug-likeness (QED) is 0.515. The first-order valence-electron chi connectivity index (χ1n) is 1.88. The lowest BCUT2D eigenvalue weighted by Crippen LogP contribution is -2.31. The van der Waals surface area contributed by atoms with Gasteiger partial charge in [-0.05, 0) is 0 Å². The van der Waals surface area contributed by atoms with Crippen molar-refractivity contribution in [2.24, 2.45) is 0 Å². The van der Waals surface area contributed by atoms with Crippen LogP contribution in [0, 0.1) is 0 Å². The van der Waals surface area contributed by atoms with Gasteiger partial charge < -0.3 is 5.11 Å². The number of hydrogen-bond acceptors (Lipinski definition) is 1. The maximum Gasteiger partial charge on any atom is 0.406 e. The van der Waals surface area contributed by atoms with Gasteiger partial charge >= 0.3 is 6.18 Å². The summed E-state index contributed by atoms with van der Waals surface area (Å²) in [6, 6.07) is 0. The predicted octanol–water partition coefficient (Wildman–Crippen LogP) is 1.60. The number of aliphatic hydroxyl groups is 1. The predicted molar refractivity (Wildman–Crippen MR) is 25.9 cm³/mol. The van der Waals surface area contributed by atoms with Crippen LogP contribution < -0.4 is 0 Å². The van der Waals surface area contributed by atoms with E-state index in [-0.39, 0.29) is 0 Å². The van der Waals surface area contributed by atoms with Crippen LogP contribution in [0.3, 0.4) is 0 Å². The normalized spacial score (nSPS) is 19.3. The third-order valence-electron chi connectivity index (χ3n) is 0.554. The summed E-state index contributed by atoms with van der Waals surface area (Å²) in [6.07, 6.45) is -7.63. The minimum Gasteiger partial charge on any atom is -0.363 e. The highest BCUT2D eigenvalue weighted by atomic mass is 79.9. The lowest BCUT2D eigenvalue weighted by molar-refractivity contribution is -0.161. The average molecular weight is 211 g/mol. The Kier molecular flexibility index (Phi) is 2.88. The van der Waals surface area contributed by atoms with Crippen LogP contribution in [0.25, 0.3) is 0 Å². The summed E-state index contributed by atoms with van der Waals surface area (Å²) < 4.78 is 45.1. The van der Waals surface area contributed by atoms with Crippen molar-refractivity contribution in [3.8, 4) is 0 Å². The summed E-state index contributed by atoms with van der Waals surface area (Å²) >= 11 is 1.91. The summed E-state index contributed by atoms with van der Waals surface area (Å²) in [5, 5.41) is 7.72. The topological polar surface area (TPSA) is 20.2 Å². The molecule has 0 aliphatic carbocycles. The highest BCUT2D eigenvalue weighted by molar-refractivity contribution is 9.09. The van der Waals surface area contributed by atoms with E-state index in [0.717, 1.165) is 0 Å². The standard InChI is InChI=1S/C3H3BrF4O/c4-1(2(5)9)3(6,7)8/h1-2,9H. The van der Waals surface area contributed by atoms with Gasteiger partial charge in [0.1, 0.15) is 0 Å². The maximum absolute atomic E-state index is 11.4. The molecule has 0 radical (unpaired) electrons. The van der Waals surface area contributed by atoms with E-state index in [1.54, 1.807) is 0 Å². The van der Waals surface area contributed by atoms with Crippen LogP contribution in [-0.2, 0) is 0 Å². The van der Waals surface area contributed by atoms with Gasteiger partial charge in [0.25, 0.3) is 0 Å². The Morgan fingerprint density at radius 2 is 1.67 bits per heavy atom. The molecule has 0 spiro atoms. The second-order valence-corrected chi connectivity index (χ2v) is 2.30. The molecular formula is C3H3BrF4O. The fraction of sp³-hybridized carbons (Fsp3) is 1.00. The molecule has 1 N–H and O–H groups in total. The molecule has 56 valence electrons. The highest BCUT2D eigenvalue weighted by Crippen LogP contribution is 2.28. The van der Waals surface area contributed by atoms with Gasteiger partial charge in [0.05, 0.1) is 0 Å². The molecule has 2 atom stereocenters. The first-order chi connectivity index (χ1) is 3.85. The summed E-state index contributed by atoms with van der Waals surface area (Å²) in [6.45, 7) is 0. The zero-order valence-corrected chi connectivity index (χ0v) is 5.58. The van der Waals surface area contributed by atoms with Gasteiger partial charge in [-0.2, -0.15) is 13.2 Å². The van der Waals surface area contributed by atoms with Crippen molar-refractivity contribution in [1.82, 2.24) is 0 Å². The van der Waals surface area contributed by atoms with E-state index in [2.05, 4.69) is 0 Å². The monoisotopic (exact) mass is 210 g/mol. The van der Waals surface area contributed by atoms with Crippen molar-refractivity contribution < 1.29 is 22.7 Å². The van der Waals surface area contributed by atoms with Gasteiger partial charge in [0.2, 0.25) is 6.36 Å². The smallest absolute Gasteiger partial charge is 0.363 e. The SMILES string of the molecule is OC(F)C(Br)C(F)(F)F. The first-order valence-corrected chi connectivity index (χ1v) is 2.80. The van der Waals surface area contributed by atoms with Crippen LogP contribution in [0.5, 0.6) is 0 Å². The van der Waals surface area contributed by atoms with E-state index in [9.17, 15) is 17.6 Å². The van der Waals surface area contributed by atoms with Crippen molar-refractivity contribution >= 4 is 15.9 Å². The van der Waals surface area contributed by atoms with Gasteiger partial charge in [-0.3, -0.25) is 0 Å². The zero-order chi connectivity index (χ0) is 7.65. The van der Waals surface area contributed by atoms with Gasteiger partial charge in [0.15, 0.2) is 4.83 Å². The van der Waals surface area contributed by atoms with Gasteiger partial charge in [-0.1, -0.05) is 15.9 Å². The minimum absolute atomic E-state index is 1.91. The molecular weight excluding hydrogens is 208 g/mol. The molecule has 0 amide bonds. The molecule has 0 saturated heterocycles. The van der Waals surface area contributed by atoms with E-state index in [1.807, 2.05) is 15.9 Å². The van der Waals surface area contributed by atoms with Crippen LogP contribution in [0.2, 0.25) is 0 Å². The lowest BCUT2D eigenvalue weighted by Gasteiger charge is -2.12. The second-order valence-electron chi connectivity index (χ2n) is 1.32. The Morgan fingerprint density at radius 3 is 1.67 bits per heavy atom. The molecule has 6 heteroatoms. The first kappa shape index (κ1) is 9.16. The van der Waals surface area contributed by atoms with Crippen molar-refractivity contribution in [2.45, 2.75) is 17.4 Å². The van der Waals surface area contributed by atoms with Crippen molar-refractivity contribution in [1.29, 1.82) is 0 Å². The molecule has 0 rings (SSSR count). The molecule has 0 aromatic rings. The zero-order valence-electron chi connectivity index (χ0n) is 3.99. The Labute approximate surface area is 56.8 Å². The lowest BCUT2D eigenvalue weighted by atomic mass is 10.4. The highest BCUT2D eigenvalue weighted by Gasteiger charge is 2.42. The summed E-state index contributed by atoms with van der Waals surface area (Å²) in [7, 11) is 0. The number of hydrogen-bond donors (Lipinski definition) is 1. The molecule has 0 bridgehead atoms. The van der Waals surface area contributed by atoms with Crippen LogP contribution in [0.15, 0.2) is 0 Å². The fourth-order valence-electron chi connectivity index (χ4n) is 0.156. The maximum atomic E-state index is 11.4. The Hall–Kier alpha value is 0.160. The molecule has 0 saturated carbocycles. The van der Waals surface area contributed by atoms with Crippen molar-refractivity contribution in [3.63, 3.8) is 0 Å². The number of halogens is 5. The summed E-state index contributed by atoms with van der Waals surface area (Å²) in [5.74, 6) is 0. The van der Waals surface area contributed by atoms with Crippen molar-refractivity contribution in [3.05, 3.63) is 0 Å². The average Bonchev–Trinajstić information content (AvgIpc) is 1.62. The van der Waals surface area contributed by atoms with E-state index >= 15 is 0 Å². The fourth-order valence-corrected chi connectivity index (χ4v) is 0.156. The van der Waals surface area contributed by atoms with Gasteiger partial charge in [-0.15, -0.1) is 0 Å². The molecule has 0 aliphatic heterocycles. The number of rotatable bonds is 1. The Morgan fingerprint density at radius 1 is 1.33 bits per heavy atom. The number of alkyl halides is 5. The summed E-state index contributed by atoms with van der Waals surface area (Å²) in [4.78, 5) is -2.48. The molecule has 0 aromatic carbocycles. The van der Waals surface area contributed by atoms with Crippen LogP contribution in [0.4, 0.5) is 17.6 Å². The third kappa shape index (κ3) is 3.00. The van der Waals surface area contributed by atoms with Gasteiger partial charge in [-0.25, -0.2) is 4.39 Å². The van der Waals surface area contributed by atoms with Crippen LogP contribution in [0.1, 0.15) is 0 Å². The van der Waals surface area contributed by atoms with E-state index in [4.69, 9.17) is 5.11 Å². The second kappa shape index (κ2) is 2.83. The molecule has 0 aromatic heterocycles. The van der Waals surface area contributed by atoms with Gasteiger partial charge in [0, 0.05) is 0 Å². The molecule has 2 unspecified atom stereocenters. The molecule has 1 nitrogen and oxygen atoms in total. The van der Waals surface area contributed by atoms with Crippen molar-refractivity contribution in [2.75, 3.05) is 0 Å². The largest absolute Gasteiger partial charge is 0.406 e. The van der Waals surface area contributed by atoms with E-state index in [0.29, 0.717) is 0 Å². The number of aliphatic hydroxyl groups excluding tert-OH is 1.